The highest BCUT2D eigenvalue weighted by atomic mass is 19.4. The van der Waals surface area contributed by atoms with Gasteiger partial charge >= 0.3 is 103 Å². The highest BCUT2D eigenvalue weighted by Crippen LogP contribution is 2.36. The number of esters is 8. The molecule has 93 heavy (non-hydrogen) atoms. The zero-order valence-corrected chi connectivity index (χ0v) is 46.3. The predicted octanol–water partition coefficient (Wildman–Crippen LogP) is 14.0. The van der Waals surface area contributed by atoms with Gasteiger partial charge in [0.25, 0.3) is 11.8 Å². The lowest BCUT2D eigenvalue weighted by atomic mass is 10.2. The monoisotopic (exact) mass is 1440 g/mol. The Balaban J connectivity index is -0.000000149. The van der Waals surface area contributed by atoms with E-state index in [1.165, 1.54) is 0 Å². The van der Waals surface area contributed by atoms with E-state index >= 15 is 0 Å². The molecule has 0 saturated carbocycles. The molecule has 1 unspecified atom stereocenters. The first-order chi connectivity index (χ1) is 41.2. The van der Waals surface area contributed by atoms with Gasteiger partial charge in [0.15, 0.2) is 39.1 Å². The lowest BCUT2D eigenvalue weighted by Crippen LogP contribution is -2.41. The van der Waals surface area contributed by atoms with Gasteiger partial charge < -0.3 is 37.9 Å². The second-order valence-corrected chi connectivity index (χ2v) is 14.8. The van der Waals surface area contributed by atoms with Crippen molar-refractivity contribution in [2.75, 3.05) is 39.6 Å². The van der Waals surface area contributed by atoms with Crippen molar-refractivity contribution in [1.29, 1.82) is 0 Å². The van der Waals surface area contributed by atoms with Crippen LogP contribution in [-0.2, 0) is 76.3 Å². The van der Waals surface area contributed by atoms with E-state index in [-0.39, 0.29) is 13.0 Å². The topological polar surface area (TPSA) is 210 Å². The lowest BCUT2D eigenvalue weighted by molar-refractivity contribution is -0.303. The Morgan fingerprint density at radius 2 is 0.591 bits per heavy atom. The number of rotatable bonds is 22. The Hall–Kier alpha value is -8.42. The van der Waals surface area contributed by atoms with Crippen LogP contribution in [0.4, 0.5) is 132 Å². The minimum atomic E-state index is -5.71. The van der Waals surface area contributed by atoms with E-state index in [2.05, 4.69) is 90.5 Å². The van der Waals surface area contributed by atoms with Crippen molar-refractivity contribution in [3.8, 4) is 0 Å². The van der Waals surface area contributed by atoms with Crippen molar-refractivity contribution in [3.05, 3.63) is 101 Å². The van der Waals surface area contributed by atoms with Crippen LogP contribution in [0.15, 0.2) is 101 Å². The normalized spacial score (nSPS) is 11.8. The van der Waals surface area contributed by atoms with Gasteiger partial charge in [0.2, 0.25) is 0 Å². The zero-order chi connectivity index (χ0) is 76.1. The summed E-state index contributed by atoms with van der Waals surface area (Å²) >= 11 is 0. The first-order valence-corrected chi connectivity index (χ1v) is 22.3. The molecule has 0 aliphatic carbocycles. The average Bonchev–Trinajstić information content (AvgIpc) is 0.903. The number of halogens is 30. The molecule has 0 bridgehead atoms. The molecule has 0 rings (SSSR count). The number of hydrogen-bond acceptors (Lipinski definition) is 16. The fourth-order valence-electron chi connectivity index (χ4n) is 2.84. The standard InChI is InChI=1S/2C7H7F5O2.C7H9F3O2.C6H5F5O2.C6H7F3O2.2C5H5F3O2.C4H3F3O2/c2*1-2-5(13)14-4-6(8,9)3-7(10,11)12;1-2-6(11)12-5-3-4-7(8,9)10;1-2-4(12)13-3-5(7,8)6(9,10)11;1-3-5(10)11-4(2)6(7,8)9;2*1-2-4(9)10-3-5(6,7)8;1-2-3(8)9-4(5,6)7/h2*2H,1,3-4H2;2H,1,3-5H2;2H,1,3H2;3-4H,1H2,2H3;2*2H,1,3H2;2H,1H2. The third-order valence-electron chi connectivity index (χ3n) is 6.49. The largest absolute Gasteiger partial charge is 0.575 e. The minimum Gasteiger partial charge on any atom is -0.463 e. The quantitative estimate of drug-likeness (QED) is 0.0324. The molecule has 0 radical (unpaired) electrons. The average molecular weight is 1440 g/mol. The molecule has 0 aliphatic heterocycles. The maximum absolute atomic E-state index is 12.4. The van der Waals surface area contributed by atoms with Crippen molar-refractivity contribution in [2.45, 2.75) is 106 Å². The number of hydrogen-bond donors (Lipinski definition) is 0. The molecule has 0 N–H and O–H groups in total. The fraction of sp³-hybridized carbons (Fsp3) is 0.489. The first kappa shape index (κ1) is 101. The smallest absolute Gasteiger partial charge is 0.463 e. The summed E-state index contributed by atoms with van der Waals surface area (Å²) in [6.45, 7) is 15.5. The maximum Gasteiger partial charge on any atom is 0.575 e. The van der Waals surface area contributed by atoms with E-state index in [4.69, 9.17) is 0 Å². The van der Waals surface area contributed by atoms with E-state index in [0.717, 1.165) is 13.0 Å². The molecule has 0 fully saturated rings. The van der Waals surface area contributed by atoms with Crippen molar-refractivity contribution in [2.24, 2.45) is 0 Å². The molecule has 16 nitrogen and oxygen atoms in total. The molecular weight excluding hydrogens is 1390 g/mol. The van der Waals surface area contributed by atoms with Crippen molar-refractivity contribution in [3.63, 3.8) is 0 Å². The molecule has 1 atom stereocenters. The van der Waals surface area contributed by atoms with Crippen LogP contribution < -0.4 is 0 Å². The van der Waals surface area contributed by atoms with Crippen molar-refractivity contribution < 1.29 is 208 Å². The number of ether oxygens (including phenoxy) is 8. The van der Waals surface area contributed by atoms with Crippen molar-refractivity contribution >= 4 is 47.8 Å². The highest BCUT2D eigenvalue weighted by Gasteiger charge is 2.58. The summed E-state index contributed by atoms with van der Waals surface area (Å²) in [7, 11) is 0. The van der Waals surface area contributed by atoms with E-state index in [1.54, 1.807) is 0 Å². The van der Waals surface area contributed by atoms with Crippen LogP contribution in [0.3, 0.4) is 0 Å². The number of carbonyl (C=O) groups excluding carboxylic acids is 8. The fourth-order valence-corrected chi connectivity index (χ4v) is 2.84. The summed E-state index contributed by atoms with van der Waals surface area (Å²) in [5.74, 6) is -22.3. The van der Waals surface area contributed by atoms with Crippen LogP contribution in [0, 0.1) is 0 Å². The van der Waals surface area contributed by atoms with E-state index in [9.17, 15) is 170 Å². The van der Waals surface area contributed by atoms with Gasteiger partial charge in [-0.1, -0.05) is 52.6 Å². The zero-order valence-electron chi connectivity index (χ0n) is 46.3. The number of carbonyl (C=O) groups is 8. The van der Waals surface area contributed by atoms with Crippen LogP contribution in [0.5, 0.6) is 0 Å². The van der Waals surface area contributed by atoms with Gasteiger partial charge in [-0.3, -0.25) is 0 Å². The Kier molecular flexibility index (Phi) is 50.5. The van der Waals surface area contributed by atoms with Crippen LogP contribution in [0.25, 0.3) is 0 Å². The molecule has 0 aliphatic rings. The van der Waals surface area contributed by atoms with Gasteiger partial charge in [0.05, 0.1) is 6.61 Å². The second-order valence-electron chi connectivity index (χ2n) is 14.8. The van der Waals surface area contributed by atoms with E-state index in [1.807, 2.05) is 0 Å². The molecule has 0 spiro atoms. The third kappa shape index (κ3) is 83.6. The SMILES string of the molecule is C=CC(=O)OC(C)C(F)(F)F.C=CC(=O)OC(F)(F)F.C=CC(=O)OCC(F)(F)C(F)(F)F.C=CC(=O)OCC(F)(F)CC(F)(F)F.C=CC(=O)OCC(F)(F)CC(F)(F)F.C=CC(=O)OCC(F)(F)F.C=CC(=O)OCC(F)(F)F.C=CC(=O)OCCCC(F)(F)F. The molecule has 0 aromatic rings. The Morgan fingerprint density at radius 3 is 0.796 bits per heavy atom. The molecule has 46 heteroatoms. The van der Waals surface area contributed by atoms with Gasteiger partial charge in [-0.25, -0.2) is 55.9 Å². The molecule has 0 saturated heterocycles. The third-order valence-corrected chi connectivity index (χ3v) is 6.49. The molecule has 0 aromatic carbocycles. The van der Waals surface area contributed by atoms with Gasteiger partial charge in [-0.2, -0.15) is 101 Å². The van der Waals surface area contributed by atoms with Crippen LogP contribution in [0.1, 0.15) is 32.6 Å². The molecule has 542 valence electrons. The van der Waals surface area contributed by atoms with Gasteiger partial charge in [-0.05, 0) is 13.3 Å². The predicted molar refractivity (Wildman–Crippen MR) is 251 cm³/mol. The Bertz CT molecular complexity index is 2240. The second kappa shape index (κ2) is 46.6. The number of alkyl halides is 30. The van der Waals surface area contributed by atoms with Crippen molar-refractivity contribution in [1.82, 2.24) is 0 Å². The van der Waals surface area contributed by atoms with Gasteiger partial charge in [0, 0.05) is 55.0 Å². The Labute approximate surface area is 502 Å². The molecule has 0 amide bonds. The summed E-state index contributed by atoms with van der Waals surface area (Å²) in [4.78, 5) is 81.0. The first-order valence-electron chi connectivity index (χ1n) is 22.3. The Morgan fingerprint density at radius 1 is 0.333 bits per heavy atom. The van der Waals surface area contributed by atoms with Crippen LogP contribution in [-0.4, -0.2) is 161 Å². The van der Waals surface area contributed by atoms with E-state index < -0.39 is 174 Å². The summed E-state index contributed by atoms with van der Waals surface area (Å²) in [5, 5.41) is 0. The van der Waals surface area contributed by atoms with Crippen LogP contribution >= 0.6 is 0 Å². The summed E-state index contributed by atoms with van der Waals surface area (Å²) < 4.78 is 376. The van der Waals surface area contributed by atoms with Gasteiger partial charge in [-0.15, -0.1) is 13.2 Å². The van der Waals surface area contributed by atoms with Gasteiger partial charge in [0.1, 0.15) is 12.8 Å². The van der Waals surface area contributed by atoms with Crippen LogP contribution in [0.2, 0.25) is 0 Å². The summed E-state index contributed by atoms with van der Waals surface area (Å²) in [6.07, 6.45) is -41.0. The molecular formula is C47H48F30O16. The maximum atomic E-state index is 12.4. The minimum absolute atomic E-state index is 0.205. The molecule has 0 aromatic heterocycles. The highest BCUT2D eigenvalue weighted by molar-refractivity contribution is 5.83. The lowest BCUT2D eigenvalue weighted by Gasteiger charge is -2.18. The van der Waals surface area contributed by atoms with E-state index in [0.29, 0.717) is 42.5 Å². The summed E-state index contributed by atoms with van der Waals surface area (Å²) in [5.41, 5.74) is 0. The summed E-state index contributed by atoms with van der Waals surface area (Å²) in [6, 6.07) is 0. The molecule has 0 heterocycles.